The van der Waals surface area contributed by atoms with Crippen molar-refractivity contribution >= 4 is 28.4 Å². The van der Waals surface area contributed by atoms with Gasteiger partial charge in [0.05, 0.1) is 22.3 Å². The van der Waals surface area contributed by atoms with Crippen molar-refractivity contribution in [3.05, 3.63) is 71.0 Å². The molecule has 2 N–H and O–H groups in total. The highest BCUT2D eigenvalue weighted by Gasteiger charge is 2.36. The molecule has 1 aromatic heterocycles. The van der Waals surface area contributed by atoms with E-state index in [-0.39, 0.29) is 5.54 Å². The van der Waals surface area contributed by atoms with E-state index in [9.17, 15) is 4.79 Å². The second kappa shape index (κ2) is 13.3. The van der Waals surface area contributed by atoms with Gasteiger partial charge in [0.2, 0.25) is 0 Å². The van der Waals surface area contributed by atoms with Gasteiger partial charge >= 0.3 is 0 Å². The Labute approximate surface area is 231 Å². The largest absolute Gasteiger partial charge is 0.391 e. The Hall–Kier alpha value is -2.85. The maximum Gasteiger partial charge on any atom is 0.124 e. The minimum atomic E-state index is -0.500. The van der Waals surface area contributed by atoms with E-state index in [1.54, 1.807) is 20.8 Å². The van der Waals surface area contributed by atoms with E-state index in [1.165, 1.54) is 46.1 Å². The standard InChI is InChI=1S/C28H34N2O.C4H10O.C2H6/c1-6-28(15-7-8-16-28)30-20(3)18-24-25(22-11-9-10-19(2)12-13-22)23(14-17-31)21(4)26(29-5)27(24)30;1-4(2,3)5;1-2/h6,10-13,17-18,29H,1,7-9,14-16H2,2-5H3;5H,1-3H3;1-2H3. The molecule has 4 rings (SSSR count). The van der Waals surface area contributed by atoms with Gasteiger partial charge in [-0.3, -0.25) is 0 Å². The second-order valence-corrected chi connectivity index (χ2v) is 11.2. The number of aromatic nitrogens is 1. The van der Waals surface area contributed by atoms with Crippen LogP contribution in [0, 0.1) is 13.8 Å². The molecule has 208 valence electrons. The molecule has 2 aliphatic carbocycles. The molecule has 0 saturated heterocycles. The van der Waals surface area contributed by atoms with Crippen LogP contribution in [0.3, 0.4) is 0 Å². The molecule has 2 aromatic rings. The summed E-state index contributed by atoms with van der Waals surface area (Å²) < 4.78 is 2.53. The van der Waals surface area contributed by atoms with E-state index in [1.807, 2.05) is 20.9 Å². The molecule has 1 heterocycles. The van der Waals surface area contributed by atoms with E-state index in [0.717, 1.165) is 42.4 Å². The molecule has 0 amide bonds. The van der Waals surface area contributed by atoms with Gasteiger partial charge in [-0.15, -0.1) is 6.58 Å². The maximum atomic E-state index is 11.7. The van der Waals surface area contributed by atoms with Crippen LogP contribution < -0.4 is 5.32 Å². The summed E-state index contributed by atoms with van der Waals surface area (Å²) in [5.41, 5.74) is 9.05. The number of carbonyl (C=O) groups is 1. The van der Waals surface area contributed by atoms with Gasteiger partial charge in [-0.05, 0) is 89.1 Å². The van der Waals surface area contributed by atoms with Crippen molar-refractivity contribution in [2.24, 2.45) is 0 Å². The van der Waals surface area contributed by atoms with Gasteiger partial charge < -0.3 is 19.8 Å². The van der Waals surface area contributed by atoms with Crippen LogP contribution in [-0.2, 0) is 16.8 Å². The molecular formula is C34H50N2O2. The van der Waals surface area contributed by atoms with Crippen molar-refractivity contribution in [3.8, 4) is 0 Å². The molecule has 0 spiro atoms. The summed E-state index contributed by atoms with van der Waals surface area (Å²) in [6.07, 6.45) is 18.2. The van der Waals surface area contributed by atoms with Crippen LogP contribution in [0.2, 0.25) is 0 Å². The molecule has 0 atom stereocenters. The Morgan fingerprint density at radius 3 is 2.24 bits per heavy atom. The zero-order valence-electron chi connectivity index (χ0n) is 25.3. The number of fused-ring (bicyclic) bond motifs is 1. The van der Waals surface area contributed by atoms with Gasteiger partial charge in [-0.25, -0.2) is 0 Å². The lowest BCUT2D eigenvalue weighted by molar-refractivity contribution is -0.107. The number of rotatable bonds is 6. The van der Waals surface area contributed by atoms with Gasteiger partial charge in [-0.2, -0.15) is 0 Å². The number of aldehydes is 1. The first-order valence-corrected chi connectivity index (χ1v) is 14.2. The van der Waals surface area contributed by atoms with E-state index in [0.29, 0.717) is 6.42 Å². The molecule has 1 saturated carbocycles. The number of hydrogen-bond acceptors (Lipinski definition) is 3. The van der Waals surface area contributed by atoms with Gasteiger partial charge in [0.1, 0.15) is 6.29 Å². The van der Waals surface area contributed by atoms with Crippen molar-refractivity contribution in [1.82, 2.24) is 4.57 Å². The number of carbonyl (C=O) groups excluding carboxylic acids is 1. The number of nitrogens with one attached hydrogen (secondary N) is 1. The quantitative estimate of drug-likeness (QED) is 0.297. The Balaban J connectivity index is 0.000000651. The Bertz CT molecular complexity index is 1220. The van der Waals surface area contributed by atoms with E-state index in [2.05, 4.69) is 73.7 Å². The summed E-state index contributed by atoms with van der Waals surface area (Å²) in [4.78, 5) is 11.7. The van der Waals surface area contributed by atoms with Gasteiger partial charge in [0.25, 0.3) is 0 Å². The fraction of sp³-hybridized carbons (Fsp3) is 0.500. The third-order valence-corrected chi connectivity index (χ3v) is 7.24. The molecule has 1 fully saturated rings. The number of aryl methyl sites for hydroxylation is 1. The highest BCUT2D eigenvalue weighted by molar-refractivity contribution is 6.05. The van der Waals surface area contributed by atoms with Crippen LogP contribution in [0.25, 0.3) is 16.5 Å². The van der Waals surface area contributed by atoms with Crippen molar-refractivity contribution in [1.29, 1.82) is 0 Å². The summed E-state index contributed by atoms with van der Waals surface area (Å²) in [6.45, 7) is 20.0. The molecule has 0 radical (unpaired) electrons. The molecular weight excluding hydrogens is 468 g/mol. The van der Waals surface area contributed by atoms with Crippen LogP contribution in [-0.4, -0.2) is 28.6 Å². The second-order valence-electron chi connectivity index (χ2n) is 11.2. The van der Waals surface area contributed by atoms with Crippen molar-refractivity contribution < 1.29 is 9.90 Å². The third kappa shape index (κ3) is 6.77. The molecule has 4 nitrogen and oxygen atoms in total. The zero-order valence-corrected chi connectivity index (χ0v) is 25.3. The van der Waals surface area contributed by atoms with E-state index < -0.39 is 5.60 Å². The number of aliphatic hydroxyl groups is 1. The maximum absolute atomic E-state index is 11.7. The first-order chi connectivity index (χ1) is 18.0. The fourth-order valence-corrected chi connectivity index (χ4v) is 5.72. The van der Waals surface area contributed by atoms with Crippen LogP contribution in [0.5, 0.6) is 0 Å². The molecule has 1 aromatic carbocycles. The molecule has 0 unspecified atom stereocenters. The number of hydrogen-bond donors (Lipinski definition) is 2. The van der Waals surface area contributed by atoms with Gasteiger partial charge in [0, 0.05) is 24.5 Å². The number of benzene rings is 1. The highest BCUT2D eigenvalue weighted by atomic mass is 16.3. The van der Waals surface area contributed by atoms with Gasteiger partial charge in [0.15, 0.2) is 0 Å². The SMILES string of the molecule is C=CC1(n2c(C)cc3c(C4=CCC=C(C)C=C4)c(CC=O)c(C)c(NC)c32)CCCC1.CC.CC(C)(C)O. The fourth-order valence-electron chi connectivity index (χ4n) is 5.72. The predicted octanol–water partition coefficient (Wildman–Crippen LogP) is 8.59. The first kappa shape index (κ1) is 31.4. The molecule has 2 aliphatic rings. The molecule has 4 heteroatoms. The predicted molar refractivity (Wildman–Crippen MR) is 166 cm³/mol. The van der Waals surface area contributed by atoms with Crippen molar-refractivity contribution in [2.45, 2.75) is 105 Å². The summed E-state index contributed by atoms with van der Waals surface area (Å²) in [5.74, 6) is 0. The van der Waals surface area contributed by atoms with Crippen LogP contribution in [0.1, 0.15) is 96.0 Å². The lowest BCUT2D eigenvalue weighted by atomic mass is 9.88. The van der Waals surface area contributed by atoms with Crippen molar-refractivity contribution in [2.75, 3.05) is 12.4 Å². The summed E-state index contributed by atoms with van der Waals surface area (Å²) in [7, 11) is 1.99. The lowest BCUT2D eigenvalue weighted by Gasteiger charge is -2.32. The topological polar surface area (TPSA) is 54.3 Å². The van der Waals surface area contributed by atoms with E-state index in [4.69, 9.17) is 5.11 Å². The average molecular weight is 519 g/mol. The summed E-state index contributed by atoms with van der Waals surface area (Å²) >= 11 is 0. The molecule has 0 aliphatic heterocycles. The van der Waals surface area contributed by atoms with Crippen LogP contribution >= 0.6 is 0 Å². The number of anilines is 1. The van der Waals surface area contributed by atoms with Crippen LogP contribution in [0.4, 0.5) is 5.69 Å². The Morgan fingerprint density at radius 2 is 1.71 bits per heavy atom. The molecule has 38 heavy (non-hydrogen) atoms. The highest BCUT2D eigenvalue weighted by Crippen LogP contribution is 2.46. The summed E-state index contributed by atoms with van der Waals surface area (Å²) in [6, 6.07) is 2.32. The van der Waals surface area contributed by atoms with Crippen LogP contribution in [0.15, 0.2) is 48.6 Å². The van der Waals surface area contributed by atoms with Crippen molar-refractivity contribution in [3.63, 3.8) is 0 Å². The smallest absolute Gasteiger partial charge is 0.124 e. The zero-order chi connectivity index (χ0) is 28.7. The van der Waals surface area contributed by atoms with E-state index >= 15 is 0 Å². The Kier molecular flexibility index (Phi) is 11.0. The average Bonchev–Trinajstić information content (AvgIpc) is 3.41. The minimum absolute atomic E-state index is 0.0425. The Morgan fingerprint density at radius 1 is 1.11 bits per heavy atom. The monoisotopic (exact) mass is 518 g/mol. The third-order valence-electron chi connectivity index (χ3n) is 7.24. The first-order valence-electron chi connectivity index (χ1n) is 14.2. The summed E-state index contributed by atoms with van der Waals surface area (Å²) in [5, 5.41) is 13.2. The lowest BCUT2D eigenvalue weighted by Crippen LogP contribution is -2.29. The molecule has 0 bridgehead atoms. The van der Waals surface area contributed by atoms with Gasteiger partial charge in [-0.1, -0.05) is 62.6 Å². The number of allylic oxidation sites excluding steroid dienone is 7. The number of nitrogens with zero attached hydrogens (tertiary/aromatic N) is 1. The normalized spacial score (nSPS) is 16.4. The minimum Gasteiger partial charge on any atom is -0.391 e.